The summed E-state index contributed by atoms with van der Waals surface area (Å²) >= 11 is 0. The number of nitrogens with one attached hydrogen (secondary N) is 1. The second-order valence-electron chi connectivity index (χ2n) is 5.50. The van der Waals surface area contributed by atoms with Crippen LogP contribution in [0, 0.1) is 0 Å². The second kappa shape index (κ2) is 6.05. The molecule has 0 fully saturated rings. The van der Waals surface area contributed by atoms with Crippen LogP contribution in [0.15, 0.2) is 18.5 Å². The summed E-state index contributed by atoms with van der Waals surface area (Å²) in [6.45, 7) is 6.36. The zero-order valence-electron chi connectivity index (χ0n) is 12.3. The second-order valence-corrected chi connectivity index (χ2v) is 5.50. The van der Waals surface area contributed by atoms with E-state index in [0.29, 0.717) is 6.04 Å². The van der Waals surface area contributed by atoms with Crippen LogP contribution in [-0.4, -0.2) is 37.8 Å². The van der Waals surface area contributed by atoms with Crippen LogP contribution in [0.4, 0.5) is 11.4 Å². The Balaban J connectivity index is 2.73. The van der Waals surface area contributed by atoms with Gasteiger partial charge >= 0.3 is 0 Å². The summed E-state index contributed by atoms with van der Waals surface area (Å²) in [5, 5.41) is 3.50. The van der Waals surface area contributed by atoms with Gasteiger partial charge in [0.1, 0.15) is 0 Å². The molecule has 0 aliphatic rings. The van der Waals surface area contributed by atoms with Crippen LogP contribution in [0.1, 0.15) is 27.2 Å². The molecule has 1 unspecified atom stereocenters. The first-order chi connectivity index (χ1) is 8.35. The Hall–Kier alpha value is -1.29. The Kier molecular flexibility index (Phi) is 4.96. The standard InChI is InChI=1S/C14H25N3O/c1-11(9-14(2,3)18-6)16-12-10-15-8-7-13(12)17(4)5/h7-8,10-11,16H,9H2,1-6H3. The van der Waals surface area contributed by atoms with Crippen molar-refractivity contribution < 1.29 is 4.74 Å². The summed E-state index contributed by atoms with van der Waals surface area (Å²) < 4.78 is 5.46. The predicted octanol–water partition coefficient (Wildman–Crippen LogP) is 2.76. The molecule has 0 aliphatic heterocycles. The van der Waals surface area contributed by atoms with Crippen LogP contribution in [-0.2, 0) is 4.74 Å². The fourth-order valence-electron chi connectivity index (χ4n) is 2.03. The summed E-state index contributed by atoms with van der Waals surface area (Å²) in [4.78, 5) is 6.26. The van der Waals surface area contributed by atoms with Crippen LogP contribution in [0.2, 0.25) is 0 Å². The van der Waals surface area contributed by atoms with E-state index in [2.05, 4.69) is 36.0 Å². The lowest BCUT2D eigenvalue weighted by molar-refractivity contribution is 0.0128. The highest BCUT2D eigenvalue weighted by atomic mass is 16.5. The molecule has 0 saturated heterocycles. The number of ether oxygens (including phenoxy) is 1. The lowest BCUT2D eigenvalue weighted by Crippen LogP contribution is -2.31. The molecule has 0 radical (unpaired) electrons. The Bertz CT molecular complexity index is 377. The zero-order valence-corrected chi connectivity index (χ0v) is 12.3. The topological polar surface area (TPSA) is 37.4 Å². The number of rotatable bonds is 6. The van der Waals surface area contributed by atoms with E-state index in [-0.39, 0.29) is 5.60 Å². The van der Waals surface area contributed by atoms with Crippen LogP contribution < -0.4 is 10.2 Å². The molecule has 1 N–H and O–H groups in total. The van der Waals surface area contributed by atoms with Gasteiger partial charge in [-0.25, -0.2) is 0 Å². The third-order valence-electron chi connectivity index (χ3n) is 3.03. The summed E-state index contributed by atoms with van der Waals surface area (Å²) in [6, 6.07) is 2.33. The molecule has 1 aromatic rings. The Morgan fingerprint density at radius 1 is 1.44 bits per heavy atom. The normalized spacial score (nSPS) is 13.2. The molecule has 0 bridgehead atoms. The summed E-state index contributed by atoms with van der Waals surface area (Å²) in [7, 11) is 5.82. The molecule has 18 heavy (non-hydrogen) atoms. The zero-order chi connectivity index (χ0) is 13.8. The lowest BCUT2D eigenvalue weighted by atomic mass is 10.00. The van der Waals surface area contributed by atoms with Crippen molar-refractivity contribution in [3.63, 3.8) is 0 Å². The molecule has 102 valence electrons. The number of pyridine rings is 1. The van der Waals surface area contributed by atoms with Crippen molar-refractivity contribution >= 4 is 11.4 Å². The van der Waals surface area contributed by atoms with E-state index in [1.165, 1.54) is 0 Å². The molecule has 0 spiro atoms. The van der Waals surface area contributed by atoms with Crippen molar-refractivity contribution in [2.24, 2.45) is 0 Å². The molecule has 4 nitrogen and oxygen atoms in total. The van der Waals surface area contributed by atoms with Gasteiger partial charge in [0.2, 0.25) is 0 Å². The van der Waals surface area contributed by atoms with Gasteiger partial charge < -0.3 is 15.0 Å². The van der Waals surface area contributed by atoms with Crippen LogP contribution >= 0.6 is 0 Å². The maximum Gasteiger partial charge on any atom is 0.0766 e. The quantitative estimate of drug-likeness (QED) is 0.843. The molecule has 1 rings (SSSR count). The van der Waals surface area contributed by atoms with Crippen molar-refractivity contribution in [1.82, 2.24) is 4.98 Å². The van der Waals surface area contributed by atoms with Gasteiger partial charge in [0.05, 0.1) is 23.2 Å². The number of hydrogen-bond acceptors (Lipinski definition) is 4. The molecule has 1 aromatic heterocycles. The van der Waals surface area contributed by atoms with E-state index in [4.69, 9.17) is 4.74 Å². The van der Waals surface area contributed by atoms with Crippen molar-refractivity contribution in [2.75, 3.05) is 31.4 Å². The van der Waals surface area contributed by atoms with Crippen molar-refractivity contribution in [3.8, 4) is 0 Å². The fraction of sp³-hybridized carbons (Fsp3) is 0.643. The number of methoxy groups -OCH3 is 1. The molecule has 0 saturated carbocycles. The number of nitrogens with zero attached hydrogens (tertiary/aromatic N) is 2. The molecule has 0 amide bonds. The third kappa shape index (κ3) is 4.18. The Labute approximate surface area is 110 Å². The van der Waals surface area contributed by atoms with E-state index >= 15 is 0 Å². The minimum absolute atomic E-state index is 0.118. The number of hydrogen-bond donors (Lipinski definition) is 1. The summed E-state index contributed by atoms with van der Waals surface area (Å²) in [5.74, 6) is 0. The van der Waals surface area contributed by atoms with E-state index in [9.17, 15) is 0 Å². The SMILES string of the molecule is COC(C)(C)CC(C)Nc1cnccc1N(C)C. The highest BCUT2D eigenvalue weighted by Crippen LogP contribution is 2.25. The molecule has 4 heteroatoms. The fourth-order valence-corrected chi connectivity index (χ4v) is 2.03. The van der Waals surface area contributed by atoms with Gasteiger partial charge in [0, 0.05) is 33.4 Å². The van der Waals surface area contributed by atoms with E-state index in [1.54, 1.807) is 7.11 Å². The van der Waals surface area contributed by atoms with Gasteiger partial charge in [-0.05, 0) is 33.3 Å². The first kappa shape index (κ1) is 14.8. The van der Waals surface area contributed by atoms with Crippen LogP contribution in [0.25, 0.3) is 0 Å². The molecular weight excluding hydrogens is 226 g/mol. The minimum Gasteiger partial charge on any atom is -0.380 e. The van der Waals surface area contributed by atoms with Gasteiger partial charge in [-0.3, -0.25) is 4.98 Å². The van der Waals surface area contributed by atoms with Crippen LogP contribution in [0.5, 0.6) is 0 Å². The predicted molar refractivity (Wildman–Crippen MR) is 77.4 cm³/mol. The monoisotopic (exact) mass is 251 g/mol. The van der Waals surface area contributed by atoms with E-state index in [0.717, 1.165) is 17.8 Å². The largest absolute Gasteiger partial charge is 0.380 e. The average molecular weight is 251 g/mol. The number of anilines is 2. The average Bonchev–Trinajstić information content (AvgIpc) is 2.28. The molecule has 0 aliphatic carbocycles. The Morgan fingerprint density at radius 3 is 2.67 bits per heavy atom. The highest BCUT2D eigenvalue weighted by molar-refractivity contribution is 5.68. The van der Waals surface area contributed by atoms with Crippen molar-refractivity contribution in [1.29, 1.82) is 0 Å². The lowest BCUT2D eigenvalue weighted by Gasteiger charge is -2.28. The maximum atomic E-state index is 5.46. The first-order valence-electron chi connectivity index (χ1n) is 6.29. The van der Waals surface area contributed by atoms with E-state index < -0.39 is 0 Å². The van der Waals surface area contributed by atoms with Crippen molar-refractivity contribution in [3.05, 3.63) is 18.5 Å². The molecule has 1 atom stereocenters. The van der Waals surface area contributed by atoms with E-state index in [1.807, 2.05) is 32.6 Å². The van der Waals surface area contributed by atoms with Gasteiger partial charge in [0.15, 0.2) is 0 Å². The van der Waals surface area contributed by atoms with Gasteiger partial charge in [-0.15, -0.1) is 0 Å². The first-order valence-corrected chi connectivity index (χ1v) is 6.29. The minimum atomic E-state index is -0.118. The Morgan fingerprint density at radius 2 is 2.11 bits per heavy atom. The smallest absolute Gasteiger partial charge is 0.0766 e. The number of aromatic nitrogens is 1. The maximum absolute atomic E-state index is 5.46. The molecule has 0 aromatic carbocycles. The van der Waals surface area contributed by atoms with Crippen LogP contribution in [0.3, 0.4) is 0 Å². The molecular formula is C14H25N3O. The van der Waals surface area contributed by atoms with Gasteiger partial charge in [-0.1, -0.05) is 0 Å². The highest BCUT2D eigenvalue weighted by Gasteiger charge is 2.20. The van der Waals surface area contributed by atoms with Crippen molar-refractivity contribution in [2.45, 2.75) is 38.8 Å². The molecule has 1 heterocycles. The summed E-state index contributed by atoms with van der Waals surface area (Å²) in [5.41, 5.74) is 2.08. The third-order valence-corrected chi connectivity index (χ3v) is 3.03. The van der Waals surface area contributed by atoms with Gasteiger partial charge in [-0.2, -0.15) is 0 Å². The summed E-state index contributed by atoms with van der Waals surface area (Å²) in [6.07, 6.45) is 4.61. The van der Waals surface area contributed by atoms with Gasteiger partial charge in [0.25, 0.3) is 0 Å².